The SMILES string of the molecule is CC[C@H]1OC(=O)[C@H](C)[C@@H](O[C@H]2C[C@@](C)(OC)[C@@H](O)[C@H](C)O2)[C@H](C)[C@@H](O[C@@H]2O[C@H](C)C[C@H](N(C)C)[C@H]2O)[C@](C)(O)C[C@@H](C)CN(CCCNC(=O)CC2=C(C)C(=Cc3ccc(S(C)=O)cc3)c3ccc(F)cc32)[C@H](C)[C@@H](O)[C@]1(C)O. The van der Waals surface area contributed by atoms with Crippen LogP contribution in [0.5, 0.6) is 0 Å². The fraction of sp³-hybridized carbons (Fsp3) is 0.700. The summed E-state index contributed by atoms with van der Waals surface area (Å²) in [4.78, 5) is 33.1. The third-order valence-corrected chi connectivity index (χ3v) is 18.2. The molecule has 1 unspecified atom stereocenters. The van der Waals surface area contributed by atoms with Crippen molar-refractivity contribution in [2.45, 2.75) is 210 Å². The number of aliphatic hydroxyl groups excluding tert-OH is 3. The lowest BCUT2D eigenvalue weighted by Crippen LogP contribution is -2.60. The quantitative estimate of drug-likeness (QED) is 0.0879. The highest BCUT2D eigenvalue weighted by atomic mass is 32.2. The van der Waals surface area contributed by atoms with Crippen LogP contribution in [0.1, 0.15) is 131 Å². The van der Waals surface area contributed by atoms with Gasteiger partial charge >= 0.3 is 5.97 Å². The maximum atomic E-state index is 14.8. The smallest absolute Gasteiger partial charge is 0.311 e. The molecule has 0 saturated carbocycles. The molecule has 0 spiro atoms. The van der Waals surface area contributed by atoms with Crippen molar-refractivity contribution in [3.8, 4) is 0 Å². The molecule has 19 heteroatoms. The molecule has 79 heavy (non-hydrogen) atoms. The summed E-state index contributed by atoms with van der Waals surface area (Å²) >= 11 is 0. The minimum absolute atomic E-state index is 0.00932. The number of fused-ring (bicyclic) bond motifs is 1. The van der Waals surface area contributed by atoms with Gasteiger partial charge in [-0.1, -0.05) is 39.0 Å². The lowest BCUT2D eigenvalue weighted by atomic mass is 9.77. The van der Waals surface area contributed by atoms with Crippen molar-refractivity contribution in [1.29, 1.82) is 0 Å². The fourth-order valence-corrected chi connectivity index (χ4v) is 13.1. The Labute approximate surface area is 470 Å². The van der Waals surface area contributed by atoms with E-state index in [0.717, 1.165) is 22.3 Å². The van der Waals surface area contributed by atoms with Crippen LogP contribution in [0.15, 0.2) is 52.9 Å². The van der Waals surface area contributed by atoms with Gasteiger partial charge in [0, 0.05) is 73.1 Å². The van der Waals surface area contributed by atoms with Crippen LogP contribution in [0.4, 0.5) is 4.39 Å². The third-order valence-electron chi connectivity index (χ3n) is 17.3. The largest absolute Gasteiger partial charge is 0.459 e. The number of esters is 1. The number of likely N-dealkylation sites (N-methyl/N-ethyl adjacent to an activating group) is 1. The van der Waals surface area contributed by atoms with Crippen LogP contribution in [0, 0.1) is 23.6 Å². The molecule has 1 aliphatic carbocycles. The van der Waals surface area contributed by atoms with E-state index in [0.29, 0.717) is 42.0 Å². The molecule has 0 bridgehead atoms. The molecule has 3 heterocycles. The molecule has 2 aromatic rings. The van der Waals surface area contributed by atoms with Crippen molar-refractivity contribution < 1.29 is 72.1 Å². The molecule has 17 nitrogen and oxygen atoms in total. The second-order valence-electron chi connectivity index (χ2n) is 24.0. The molecular weight excluding hydrogens is 1040 g/mol. The number of cyclic esters (lactones) is 1. The Morgan fingerprint density at radius 3 is 2.25 bits per heavy atom. The number of halogens is 1. The van der Waals surface area contributed by atoms with Gasteiger partial charge in [-0.2, -0.15) is 0 Å². The molecule has 0 aromatic heterocycles. The Kier molecular flexibility index (Phi) is 21.9. The number of hydrogen-bond acceptors (Lipinski definition) is 16. The number of hydrogen-bond donors (Lipinski definition) is 6. The number of carbonyl (C=O) groups is 2. The van der Waals surface area contributed by atoms with Crippen LogP contribution in [-0.2, 0) is 48.8 Å². The maximum absolute atomic E-state index is 14.8. The molecule has 6 rings (SSSR count). The van der Waals surface area contributed by atoms with Crippen LogP contribution in [0.3, 0.4) is 0 Å². The second-order valence-corrected chi connectivity index (χ2v) is 25.4. The number of carbonyl (C=O) groups excluding carboxylic acids is 2. The van der Waals surface area contributed by atoms with E-state index in [1.54, 1.807) is 60.8 Å². The molecule has 6 N–H and O–H groups in total. The van der Waals surface area contributed by atoms with E-state index in [1.807, 2.05) is 75.0 Å². The number of amides is 1. The normalized spacial score (nSPS) is 38.3. The van der Waals surface area contributed by atoms with Crippen molar-refractivity contribution in [3.63, 3.8) is 0 Å². The topological polar surface area (TPSA) is 226 Å². The first-order valence-corrected chi connectivity index (χ1v) is 29.7. The van der Waals surface area contributed by atoms with E-state index < -0.39 is 113 Å². The summed E-state index contributed by atoms with van der Waals surface area (Å²) in [7, 11) is 4.10. The number of benzene rings is 2. The minimum atomic E-state index is -1.97. The Morgan fingerprint density at radius 2 is 1.63 bits per heavy atom. The highest BCUT2D eigenvalue weighted by Gasteiger charge is 2.53. The molecule has 19 atom stereocenters. The molecule has 3 saturated heterocycles. The average molecular weight is 1130 g/mol. The summed E-state index contributed by atoms with van der Waals surface area (Å²) in [6.07, 6.45) is -5.48. The van der Waals surface area contributed by atoms with Crippen molar-refractivity contribution in [1.82, 2.24) is 15.1 Å². The van der Waals surface area contributed by atoms with E-state index >= 15 is 0 Å². The number of nitrogens with zero attached hydrogens (tertiary/aromatic N) is 2. The van der Waals surface area contributed by atoms with Gasteiger partial charge in [0.15, 0.2) is 12.6 Å². The van der Waals surface area contributed by atoms with E-state index in [9.17, 15) is 43.7 Å². The third kappa shape index (κ3) is 15.0. The van der Waals surface area contributed by atoms with Gasteiger partial charge in [-0.3, -0.25) is 18.7 Å². The predicted octanol–water partition coefficient (Wildman–Crippen LogP) is 6.07. The number of aliphatic hydroxyl groups is 5. The lowest BCUT2D eigenvalue weighted by molar-refractivity contribution is -0.318. The zero-order valence-corrected chi connectivity index (χ0v) is 50.1. The minimum Gasteiger partial charge on any atom is -0.459 e. The molecule has 2 aromatic carbocycles. The van der Waals surface area contributed by atoms with Crippen LogP contribution in [0.25, 0.3) is 17.2 Å². The van der Waals surface area contributed by atoms with Gasteiger partial charge in [0.25, 0.3) is 0 Å². The van der Waals surface area contributed by atoms with Gasteiger partial charge in [-0.05, 0) is 165 Å². The number of allylic oxidation sites excluding steroid dienone is 2. The van der Waals surface area contributed by atoms with Crippen LogP contribution >= 0.6 is 0 Å². The van der Waals surface area contributed by atoms with E-state index in [4.69, 9.17) is 28.4 Å². The van der Waals surface area contributed by atoms with Crippen molar-refractivity contribution >= 4 is 39.9 Å². The molecule has 1 amide bonds. The molecule has 3 fully saturated rings. The average Bonchev–Trinajstić information content (AvgIpc) is 3.74. The van der Waals surface area contributed by atoms with E-state index in [1.165, 1.54) is 26.2 Å². The van der Waals surface area contributed by atoms with E-state index in [2.05, 4.69) is 5.32 Å². The molecule has 0 radical (unpaired) electrons. The number of methoxy groups -OCH3 is 1. The van der Waals surface area contributed by atoms with Gasteiger partial charge in [-0.15, -0.1) is 0 Å². The highest BCUT2D eigenvalue weighted by molar-refractivity contribution is 7.84. The fourth-order valence-electron chi connectivity index (χ4n) is 12.5. The first-order chi connectivity index (χ1) is 36.9. The van der Waals surface area contributed by atoms with E-state index in [-0.39, 0.29) is 56.2 Å². The number of ether oxygens (including phenoxy) is 6. The Balaban J connectivity index is 1.28. The lowest BCUT2D eigenvalue weighted by Gasteiger charge is -2.48. The van der Waals surface area contributed by atoms with Gasteiger partial charge in [0.1, 0.15) is 35.8 Å². The zero-order chi connectivity index (χ0) is 58.6. The Bertz CT molecular complexity index is 2490. The Hall–Kier alpha value is -3.54. The zero-order valence-electron chi connectivity index (χ0n) is 49.2. The van der Waals surface area contributed by atoms with Crippen molar-refractivity contribution in [2.24, 2.45) is 17.8 Å². The molecular formula is C60H92FN3O14S. The standard InChI is InChI=1S/C60H92FN3O14S/c1-16-48-60(11,71)53(67)38(7)64(25-17-24-62-49(65)29-45-35(4)44(43-23-20-41(61)28-46(43)45)27-40-18-21-42(22-19-40)79(15)72)32-33(2)30-58(9,70)55(78-57-51(66)47(63(12)13)26-34(3)74-57)36(5)52(37(6)56(69)76-48)77-50-31-59(10,73-14)54(68)39(8)75-50/h18-23,27-28,33-34,36-39,47-48,50-55,57,66-68,70-71H,16-17,24-26,29-32H2,1-15H3,(H,62,65)/t33-,34-,36+,37-,38-,39+,47+,48-,50+,51-,52+,53-,54+,55-,57+,58-,59-,60-,79?/m1/s1. The second kappa shape index (κ2) is 26.8. The first-order valence-electron chi connectivity index (χ1n) is 28.1. The van der Waals surface area contributed by atoms with Crippen LogP contribution in [-0.4, -0.2) is 189 Å². The number of rotatable bonds is 15. The number of nitrogens with one attached hydrogen (secondary N) is 1. The summed E-state index contributed by atoms with van der Waals surface area (Å²) in [5, 5.41) is 63.6. The molecule has 444 valence electrons. The molecule has 3 aliphatic heterocycles. The van der Waals surface area contributed by atoms with Crippen LogP contribution < -0.4 is 5.32 Å². The van der Waals surface area contributed by atoms with Gasteiger partial charge in [0.05, 0.1) is 48.0 Å². The van der Waals surface area contributed by atoms with Crippen LogP contribution in [0.2, 0.25) is 0 Å². The summed E-state index contributed by atoms with van der Waals surface area (Å²) in [5.41, 5.74) is -0.0431. The van der Waals surface area contributed by atoms with Crippen molar-refractivity contribution in [3.05, 3.63) is 70.5 Å². The summed E-state index contributed by atoms with van der Waals surface area (Å²) < 4.78 is 65.1. The van der Waals surface area contributed by atoms with Crippen molar-refractivity contribution in [2.75, 3.05) is 47.1 Å². The highest BCUT2D eigenvalue weighted by Crippen LogP contribution is 2.45. The summed E-state index contributed by atoms with van der Waals surface area (Å²) in [5.74, 6) is -3.72. The summed E-state index contributed by atoms with van der Waals surface area (Å²) in [6, 6.07) is 10.9. The first kappa shape index (κ1) is 64.6. The van der Waals surface area contributed by atoms with Gasteiger partial charge < -0.3 is 64.2 Å². The summed E-state index contributed by atoms with van der Waals surface area (Å²) in [6.45, 7) is 20.1. The maximum Gasteiger partial charge on any atom is 0.311 e. The molecule has 4 aliphatic rings. The monoisotopic (exact) mass is 1130 g/mol. The van der Waals surface area contributed by atoms with Gasteiger partial charge in [0.2, 0.25) is 5.91 Å². The Morgan fingerprint density at radius 1 is 0.962 bits per heavy atom. The predicted molar refractivity (Wildman–Crippen MR) is 301 cm³/mol. The van der Waals surface area contributed by atoms with Gasteiger partial charge in [-0.25, -0.2) is 4.39 Å².